The standard InChI is InChI=1S/C9H10F2N2O3S/c1-13(2)9(14)6-3-5(17(12,15)16)4-7(10)8(6)11/h3-4H,1-2H3,(H2,12,15,16). The molecule has 0 aliphatic heterocycles. The van der Waals surface area contributed by atoms with Gasteiger partial charge >= 0.3 is 0 Å². The van der Waals surface area contributed by atoms with E-state index < -0.39 is 38.0 Å². The van der Waals surface area contributed by atoms with Crippen LogP contribution in [0.25, 0.3) is 0 Å². The molecule has 2 N–H and O–H groups in total. The molecule has 17 heavy (non-hydrogen) atoms. The predicted molar refractivity (Wildman–Crippen MR) is 55.7 cm³/mol. The largest absolute Gasteiger partial charge is 0.345 e. The van der Waals surface area contributed by atoms with Gasteiger partial charge in [-0.15, -0.1) is 0 Å². The molecule has 0 fully saturated rings. The molecule has 0 saturated carbocycles. The zero-order valence-corrected chi connectivity index (χ0v) is 9.88. The Kier molecular flexibility index (Phi) is 3.48. The monoisotopic (exact) mass is 264 g/mol. The van der Waals surface area contributed by atoms with Gasteiger partial charge in [-0.25, -0.2) is 22.3 Å². The van der Waals surface area contributed by atoms with Crippen molar-refractivity contribution in [3.8, 4) is 0 Å². The zero-order chi connectivity index (χ0) is 13.4. The normalized spacial score (nSPS) is 11.4. The molecule has 0 atom stereocenters. The van der Waals surface area contributed by atoms with Crippen LogP contribution in [-0.2, 0) is 10.0 Å². The lowest BCUT2D eigenvalue weighted by Gasteiger charge is -2.12. The number of hydrogen-bond acceptors (Lipinski definition) is 3. The van der Waals surface area contributed by atoms with E-state index in [0.717, 1.165) is 4.90 Å². The fourth-order valence-corrected chi connectivity index (χ4v) is 1.67. The van der Waals surface area contributed by atoms with Crippen LogP contribution >= 0.6 is 0 Å². The number of benzene rings is 1. The van der Waals surface area contributed by atoms with Crippen molar-refractivity contribution in [2.24, 2.45) is 5.14 Å². The Bertz CT molecular complexity index is 570. The third kappa shape index (κ3) is 2.77. The Morgan fingerprint density at radius 2 is 1.82 bits per heavy atom. The summed E-state index contributed by atoms with van der Waals surface area (Å²) < 4.78 is 48.5. The SMILES string of the molecule is CN(C)C(=O)c1cc(S(N)(=O)=O)cc(F)c1F. The van der Waals surface area contributed by atoms with Crippen molar-refractivity contribution in [3.05, 3.63) is 29.3 Å². The highest BCUT2D eigenvalue weighted by Gasteiger charge is 2.21. The average molecular weight is 264 g/mol. The van der Waals surface area contributed by atoms with E-state index in [2.05, 4.69) is 0 Å². The molecule has 94 valence electrons. The molecule has 1 aromatic rings. The summed E-state index contributed by atoms with van der Waals surface area (Å²) in [6.45, 7) is 0. The molecule has 5 nitrogen and oxygen atoms in total. The quantitative estimate of drug-likeness (QED) is 0.835. The van der Waals surface area contributed by atoms with Gasteiger partial charge in [0.2, 0.25) is 10.0 Å². The Morgan fingerprint density at radius 3 is 2.24 bits per heavy atom. The maximum Gasteiger partial charge on any atom is 0.256 e. The molecule has 8 heteroatoms. The number of hydrogen-bond donors (Lipinski definition) is 1. The number of halogens is 2. The second-order valence-electron chi connectivity index (χ2n) is 3.51. The first-order valence-electron chi connectivity index (χ1n) is 4.38. The summed E-state index contributed by atoms with van der Waals surface area (Å²) in [5.41, 5.74) is -0.681. The second-order valence-corrected chi connectivity index (χ2v) is 5.07. The molecule has 1 amide bonds. The number of primary sulfonamides is 1. The first-order chi connectivity index (χ1) is 7.64. The molecule has 0 aromatic heterocycles. The topological polar surface area (TPSA) is 80.5 Å². The van der Waals surface area contributed by atoms with Gasteiger partial charge in [-0.3, -0.25) is 4.79 Å². The fraction of sp³-hybridized carbons (Fsp3) is 0.222. The van der Waals surface area contributed by atoms with E-state index in [0.29, 0.717) is 12.1 Å². The molecule has 1 rings (SSSR count). The number of rotatable bonds is 2. The van der Waals surface area contributed by atoms with Crippen molar-refractivity contribution in [1.82, 2.24) is 4.90 Å². The molecule has 0 radical (unpaired) electrons. The van der Waals surface area contributed by atoms with Gasteiger partial charge in [-0.05, 0) is 12.1 Å². The molecule has 0 bridgehead atoms. The summed E-state index contributed by atoms with van der Waals surface area (Å²) in [6, 6.07) is 1.13. The smallest absolute Gasteiger partial charge is 0.256 e. The highest BCUT2D eigenvalue weighted by atomic mass is 32.2. The van der Waals surface area contributed by atoms with Crippen molar-refractivity contribution in [3.63, 3.8) is 0 Å². The minimum Gasteiger partial charge on any atom is -0.345 e. The Hall–Kier alpha value is -1.54. The first-order valence-corrected chi connectivity index (χ1v) is 5.92. The third-order valence-electron chi connectivity index (χ3n) is 1.97. The Balaban J connectivity index is 3.51. The summed E-state index contributed by atoms with van der Waals surface area (Å²) in [5.74, 6) is -3.70. The van der Waals surface area contributed by atoms with Crippen molar-refractivity contribution in [2.45, 2.75) is 4.90 Å². The molecule has 0 heterocycles. The maximum absolute atomic E-state index is 13.3. The van der Waals surface area contributed by atoms with E-state index in [4.69, 9.17) is 5.14 Å². The summed E-state index contributed by atoms with van der Waals surface area (Å²) in [6.07, 6.45) is 0. The summed E-state index contributed by atoms with van der Waals surface area (Å²) in [5, 5.41) is 4.78. The number of nitrogens with zero attached hydrogens (tertiary/aromatic N) is 1. The van der Waals surface area contributed by atoms with E-state index in [1.165, 1.54) is 14.1 Å². The highest BCUT2D eigenvalue weighted by Crippen LogP contribution is 2.18. The lowest BCUT2D eigenvalue weighted by Crippen LogP contribution is -2.24. The summed E-state index contributed by atoms with van der Waals surface area (Å²) in [4.78, 5) is 11.8. The first kappa shape index (κ1) is 13.5. The minimum absolute atomic E-state index is 0.428. The number of carbonyl (C=O) groups is 1. The molecule has 0 saturated heterocycles. The van der Waals surface area contributed by atoms with Crippen molar-refractivity contribution in [2.75, 3.05) is 14.1 Å². The van der Waals surface area contributed by atoms with Gasteiger partial charge in [0.1, 0.15) is 0 Å². The highest BCUT2D eigenvalue weighted by molar-refractivity contribution is 7.89. The number of sulfonamides is 1. The summed E-state index contributed by atoms with van der Waals surface area (Å²) in [7, 11) is -1.56. The van der Waals surface area contributed by atoms with Crippen LogP contribution in [0.5, 0.6) is 0 Å². The maximum atomic E-state index is 13.3. The third-order valence-corrected chi connectivity index (χ3v) is 2.86. The minimum atomic E-state index is -4.20. The van der Waals surface area contributed by atoms with E-state index >= 15 is 0 Å². The Morgan fingerprint density at radius 1 is 1.29 bits per heavy atom. The lowest BCUT2D eigenvalue weighted by atomic mass is 10.2. The van der Waals surface area contributed by atoms with Crippen LogP contribution in [0.3, 0.4) is 0 Å². The van der Waals surface area contributed by atoms with E-state index in [-0.39, 0.29) is 0 Å². The van der Waals surface area contributed by atoms with E-state index in [1.807, 2.05) is 0 Å². The Labute approximate surface area is 96.9 Å². The van der Waals surface area contributed by atoms with Crippen LogP contribution in [0.15, 0.2) is 17.0 Å². The molecule has 0 aliphatic carbocycles. The molecule has 0 unspecified atom stereocenters. The number of carbonyl (C=O) groups excluding carboxylic acids is 1. The van der Waals surface area contributed by atoms with Crippen LogP contribution in [0.1, 0.15) is 10.4 Å². The number of nitrogens with two attached hydrogens (primary N) is 1. The van der Waals surface area contributed by atoms with Crippen LogP contribution in [0.4, 0.5) is 8.78 Å². The molecule has 1 aromatic carbocycles. The molecule has 0 spiro atoms. The van der Waals surface area contributed by atoms with Crippen LogP contribution in [0.2, 0.25) is 0 Å². The van der Waals surface area contributed by atoms with Gasteiger partial charge in [0, 0.05) is 14.1 Å². The zero-order valence-electron chi connectivity index (χ0n) is 9.07. The van der Waals surface area contributed by atoms with Gasteiger partial charge in [-0.2, -0.15) is 0 Å². The molecule has 0 aliphatic rings. The van der Waals surface area contributed by atoms with Gasteiger partial charge < -0.3 is 4.90 Å². The predicted octanol–water partition coefficient (Wildman–Crippen LogP) is 0.314. The van der Waals surface area contributed by atoms with E-state index in [9.17, 15) is 22.0 Å². The van der Waals surface area contributed by atoms with Crippen molar-refractivity contribution < 1.29 is 22.0 Å². The number of amides is 1. The van der Waals surface area contributed by atoms with Gasteiger partial charge in [-0.1, -0.05) is 0 Å². The van der Waals surface area contributed by atoms with Gasteiger partial charge in [0.05, 0.1) is 10.5 Å². The summed E-state index contributed by atoms with van der Waals surface area (Å²) >= 11 is 0. The lowest BCUT2D eigenvalue weighted by molar-refractivity contribution is 0.0821. The van der Waals surface area contributed by atoms with Crippen LogP contribution < -0.4 is 5.14 Å². The van der Waals surface area contributed by atoms with Crippen molar-refractivity contribution in [1.29, 1.82) is 0 Å². The fourth-order valence-electron chi connectivity index (χ4n) is 1.12. The van der Waals surface area contributed by atoms with Crippen LogP contribution in [-0.4, -0.2) is 33.3 Å². The second kappa shape index (κ2) is 4.38. The molecular formula is C9H10F2N2O3S. The molecular weight excluding hydrogens is 254 g/mol. The van der Waals surface area contributed by atoms with Gasteiger partial charge in [0.15, 0.2) is 11.6 Å². The average Bonchev–Trinajstić information content (AvgIpc) is 2.19. The van der Waals surface area contributed by atoms with E-state index in [1.54, 1.807) is 0 Å². The van der Waals surface area contributed by atoms with Gasteiger partial charge in [0.25, 0.3) is 5.91 Å². The van der Waals surface area contributed by atoms with Crippen LogP contribution in [0, 0.1) is 11.6 Å². The van der Waals surface area contributed by atoms with Crippen molar-refractivity contribution >= 4 is 15.9 Å².